The van der Waals surface area contributed by atoms with Crippen molar-refractivity contribution in [2.75, 3.05) is 25.6 Å². The first-order chi connectivity index (χ1) is 12.7. The topological polar surface area (TPSA) is 89.5 Å². The molecule has 1 unspecified atom stereocenters. The predicted molar refractivity (Wildman–Crippen MR) is 96.6 cm³/mol. The third-order valence-electron chi connectivity index (χ3n) is 4.10. The summed E-state index contributed by atoms with van der Waals surface area (Å²) in [7, 11) is 1.34. The van der Waals surface area contributed by atoms with Crippen LogP contribution in [-0.4, -0.2) is 43.2 Å². The monoisotopic (exact) mass is 355 g/mol. The van der Waals surface area contributed by atoms with Gasteiger partial charge in [-0.05, 0) is 49.2 Å². The molecule has 1 aromatic heterocycles. The fourth-order valence-electron chi connectivity index (χ4n) is 2.71. The number of ether oxygens (including phenoxy) is 2. The fraction of sp³-hybridized carbons (Fsp3) is 0.316. The van der Waals surface area contributed by atoms with Gasteiger partial charge >= 0.3 is 5.97 Å². The minimum absolute atomic E-state index is 0.0913. The SMILES string of the molecule is COC(=O)c1ccc(Nc2ccnc(C(=O)NCC3CCCO3)c2)cc1. The molecule has 3 rings (SSSR count). The Bertz CT molecular complexity index is 771. The Balaban J connectivity index is 1.61. The molecule has 7 heteroatoms. The summed E-state index contributed by atoms with van der Waals surface area (Å²) < 4.78 is 10.2. The van der Waals surface area contributed by atoms with E-state index < -0.39 is 0 Å². The highest BCUT2D eigenvalue weighted by Gasteiger charge is 2.17. The van der Waals surface area contributed by atoms with Gasteiger partial charge in [0.05, 0.1) is 18.8 Å². The van der Waals surface area contributed by atoms with Crippen molar-refractivity contribution in [1.82, 2.24) is 10.3 Å². The summed E-state index contributed by atoms with van der Waals surface area (Å²) in [6.07, 6.45) is 3.67. The van der Waals surface area contributed by atoms with Crippen LogP contribution in [0, 0.1) is 0 Å². The Hall–Kier alpha value is -2.93. The molecule has 1 aromatic carbocycles. The third-order valence-corrected chi connectivity index (χ3v) is 4.10. The molecule has 1 amide bonds. The van der Waals surface area contributed by atoms with Crippen LogP contribution in [-0.2, 0) is 9.47 Å². The van der Waals surface area contributed by atoms with E-state index >= 15 is 0 Å². The summed E-state index contributed by atoms with van der Waals surface area (Å²) >= 11 is 0. The van der Waals surface area contributed by atoms with Crippen LogP contribution < -0.4 is 10.6 Å². The van der Waals surface area contributed by atoms with E-state index in [1.807, 2.05) is 0 Å². The number of esters is 1. The molecule has 0 bridgehead atoms. The van der Waals surface area contributed by atoms with E-state index in [0.717, 1.165) is 30.8 Å². The molecule has 1 aliphatic heterocycles. The number of amides is 1. The molecule has 136 valence electrons. The summed E-state index contributed by atoms with van der Waals surface area (Å²) in [6.45, 7) is 1.25. The van der Waals surface area contributed by atoms with Crippen molar-refractivity contribution in [3.8, 4) is 0 Å². The van der Waals surface area contributed by atoms with Gasteiger partial charge in [0.1, 0.15) is 5.69 Å². The first-order valence-electron chi connectivity index (χ1n) is 8.47. The normalized spacial score (nSPS) is 16.1. The van der Waals surface area contributed by atoms with Crippen LogP contribution in [0.5, 0.6) is 0 Å². The van der Waals surface area contributed by atoms with Gasteiger partial charge in [0, 0.05) is 30.7 Å². The van der Waals surface area contributed by atoms with Crippen molar-refractivity contribution >= 4 is 23.3 Å². The lowest BCUT2D eigenvalue weighted by Gasteiger charge is -2.11. The Morgan fingerprint density at radius 3 is 2.73 bits per heavy atom. The standard InChI is InChI=1S/C19H21N3O4/c1-25-19(24)13-4-6-14(7-5-13)22-15-8-9-20-17(11-15)18(23)21-12-16-3-2-10-26-16/h4-9,11,16H,2-3,10,12H2,1H3,(H,20,22)(H,21,23). The van der Waals surface area contributed by atoms with E-state index in [-0.39, 0.29) is 18.0 Å². The van der Waals surface area contributed by atoms with Crippen molar-refractivity contribution in [2.45, 2.75) is 18.9 Å². The van der Waals surface area contributed by atoms with E-state index in [9.17, 15) is 9.59 Å². The van der Waals surface area contributed by atoms with Crippen molar-refractivity contribution in [2.24, 2.45) is 0 Å². The van der Waals surface area contributed by atoms with Gasteiger partial charge in [-0.1, -0.05) is 0 Å². The lowest BCUT2D eigenvalue weighted by Crippen LogP contribution is -2.32. The molecule has 1 saturated heterocycles. The summed E-state index contributed by atoms with van der Waals surface area (Å²) in [5.41, 5.74) is 2.32. The maximum Gasteiger partial charge on any atom is 0.337 e. The number of benzene rings is 1. The molecule has 26 heavy (non-hydrogen) atoms. The van der Waals surface area contributed by atoms with E-state index in [1.54, 1.807) is 42.6 Å². The average Bonchev–Trinajstić information content (AvgIpc) is 3.20. The summed E-state index contributed by atoms with van der Waals surface area (Å²) in [5, 5.41) is 6.04. The number of hydrogen-bond donors (Lipinski definition) is 2. The van der Waals surface area contributed by atoms with Crippen LogP contribution in [0.15, 0.2) is 42.6 Å². The van der Waals surface area contributed by atoms with Gasteiger partial charge in [-0.2, -0.15) is 0 Å². The van der Waals surface area contributed by atoms with E-state index in [2.05, 4.69) is 20.4 Å². The van der Waals surface area contributed by atoms with Gasteiger partial charge < -0.3 is 20.1 Å². The summed E-state index contributed by atoms with van der Waals surface area (Å²) in [4.78, 5) is 27.8. The highest BCUT2D eigenvalue weighted by Crippen LogP contribution is 2.18. The van der Waals surface area contributed by atoms with Crippen molar-refractivity contribution in [1.29, 1.82) is 0 Å². The Kier molecular flexibility index (Phi) is 5.80. The number of methoxy groups -OCH3 is 1. The van der Waals surface area contributed by atoms with Crippen LogP contribution >= 0.6 is 0 Å². The number of rotatable bonds is 6. The molecule has 2 aromatic rings. The van der Waals surface area contributed by atoms with Gasteiger partial charge in [0.15, 0.2) is 0 Å². The average molecular weight is 355 g/mol. The molecule has 1 atom stereocenters. The van der Waals surface area contributed by atoms with Crippen LogP contribution in [0.25, 0.3) is 0 Å². The highest BCUT2D eigenvalue weighted by atomic mass is 16.5. The van der Waals surface area contributed by atoms with Crippen molar-refractivity contribution in [3.63, 3.8) is 0 Å². The zero-order chi connectivity index (χ0) is 18.4. The summed E-state index contributed by atoms with van der Waals surface area (Å²) in [5.74, 6) is -0.615. The second-order valence-corrected chi connectivity index (χ2v) is 5.97. The van der Waals surface area contributed by atoms with E-state index in [4.69, 9.17) is 4.74 Å². The molecule has 0 spiro atoms. The minimum Gasteiger partial charge on any atom is -0.465 e. The molecule has 2 heterocycles. The number of carbonyl (C=O) groups is 2. The van der Waals surface area contributed by atoms with E-state index in [1.165, 1.54) is 7.11 Å². The molecular formula is C19H21N3O4. The molecular weight excluding hydrogens is 334 g/mol. The number of hydrogen-bond acceptors (Lipinski definition) is 6. The number of nitrogens with one attached hydrogen (secondary N) is 2. The molecule has 0 aliphatic carbocycles. The summed E-state index contributed by atoms with van der Waals surface area (Å²) in [6, 6.07) is 10.3. The second kappa shape index (κ2) is 8.44. The third kappa shape index (κ3) is 4.58. The lowest BCUT2D eigenvalue weighted by atomic mass is 10.2. The van der Waals surface area contributed by atoms with Crippen LogP contribution in [0.4, 0.5) is 11.4 Å². The Morgan fingerprint density at radius 2 is 2.04 bits per heavy atom. The van der Waals surface area contributed by atoms with Crippen LogP contribution in [0.2, 0.25) is 0 Å². The number of anilines is 2. The zero-order valence-electron chi connectivity index (χ0n) is 14.5. The van der Waals surface area contributed by atoms with Crippen molar-refractivity contribution < 1.29 is 19.1 Å². The Labute approximate surface area is 151 Å². The molecule has 2 N–H and O–H groups in total. The maximum absolute atomic E-state index is 12.3. The van der Waals surface area contributed by atoms with Crippen LogP contribution in [0.3, 0.4) is 0 Å². The molecule has 1 fully saturated rings. The number of carbonyl (C=O) groups excluding carboxylic acids is 2. The first-order valence-corrected chi connectivity index (χ1v) is 8.47. The maximum atomic E-state index is 12.3. The zero-order valence-corrected chi connectivity index (χ0v) is 14.5. The number of aromatic nitrogens is 1. The number of pyridine rings is 1. The van der Waals surface area contributed by atoms with Crippen molar-refractivity contribution in [3.05, 3.63) is 53.9 Å². The molecule has 0 radical (unpaired) electrons. The minimum atomic E-state index is -0.384. The van der Waals surface area contributed by atoms with Gasteiger partial charge in [0.25, 0.3) is 5.91 Å². The largest absolute Gasteiger partial charge is 0.465 e. The first kappa shape index (κ1) is 17.9. The van der Waals surface area contributed by atoms with Crippen LogP contribution in [0.1, 0.15) is 33.7 Å². The lowest BCUT2D eigenvalue weighted by molar-refractivity contribution is 0.0600. The fourth-order valence-corrected chi connectivity index (χ4v) is 2.71. The van der Waals surface area contributed by atoms with Gasteiger partial charge in [-0.15, -0.1) is 0 Å². The highest BCUT2D eigenvalue weighted by molar-refractivity contribution is 5.93. The smallest absolute Gasteiger partial charge is 0.337 e. The van der Waals surface area contributed by atoms with E-state index in [0.29, 0.717) is 17.8 Å². The molecule has 1 aliphatic rings. The van der Waals surface area contributed by atoms with Gasteiger partial charge in [-0.3, -0.25) is 9.78 Å². The molecule has 0 saturated carbocycles. The quantitative estimate of drug-likeness (QED) is 0.774. The molecule has 7 nitrogen and oxygen atoms in total. The number of nitrogens with zero attached hydrogens (tertiary/aromatic N) is 1. The van der Waals surface area contributed by atoms with Gasteiger partial charge in [0.2, 0.25) is 0 Å². The predicted octanol–water partition coefficient (Wildman–Crippen LogP) is 2.52. The second-order valence-electron chi connectivity index (χ2n) is 5.97. The Morgan fingerprint density at radius 1 is 1.23 bits per heavy atom. The van der Waals surface area contributed by atoms with Gasteiger partial charge in [-0.25, -0.2) is 4.79 Å².